The van der Waals surface area contributed by atoms with Gasteiger partial charge in [-0.05, 0) is 45.3 Å². The Morgan fingerprint density at radius 1 is 1.37 bits per heavy atom. The summed E-state index contributed by atoms with van der Waals surface area (Å²) in [5, 5.41) is 9.20. The molecule has 0 saturated carbocycles. The molecule has 0 amide bonds. The summed E-state index contributed by atoms with van der Waals surface area (Å²) in [6.45, 7) is 7.77. The molecule has 1 radical (unpaired) electrons. The first-order chi connectivity index (χ1) is 8.54. The predicted molar refractivity (Wildman–Crippen MR) is 82.0 cm³/mol. The van der Waals surface area contributed by atoms with Crippen LogP contribution in [0, 0.1) is 0 Å². The van der Waals surface area contributed by atoms with E-state index in [1.54, 1.807) is 6.07 Å². The number of benzene rings is 1. The average Bonchev–Trinajstić information content (AvgIpc) is 2.25. The number of halogens is 1. The van der Waals surface area contributed by atoms with E-state index in [4.69, 9.17) is 21.4 Å². The van der Waals surface area contributed by atoms with E-state index in [1.807, 2.05) is 27.7 Å². The zero-order valence-corrected chi connectivity index (χ0v) is 13.0. The van der Waals surface area contributed by atoms with Gasteiger partial charge in [0, 0.05) is 9.77 Å². The number of hydrogen-bond donors (Lipinski definition) is 2. The summed E-state index contributed by atoms with van der Waals surface area (Å²) in [7, 11) is 1.53. The molecule has 1 rings (SSSR count). The second-order valence-corrected chi connectivity index (χ2v) is 6.87. The van der Waals surface area contributed by atoms with Crippen molar-refractivity contribution in [1.82, 2.24) is 0 Å². The summed E-state index contributed by atoms with van der Waals surface area (Å²) in [6, 6.07) is 4.51. The molecular weight excluding hydrogens is 282 g/mol. The van der Waals surface area contributed by atoms with Crippen molar-refractivity contribution in [3.8, 4) is 0 Å². The van der Waals surface area contributed by atoms with Crippen LogP contribution >= 0.6 is 24.2 Å². The lowest BCUT2D eigenvalue weighted by molar-refractivity contribution is 0.0696. The van der Waals surface area contributed by atoms with E-state index in [-0.39, 0.29) is 10.3 Å². The van der Waals surface area contributed by atoms with Gasteiger partial charge in [-0.2, -0.15) is 12.6 Å². The quantitative estimate of drug-likeness (QED) is 0.649. The highest BCUT2D eigenvalue weighted by Gasteiger charge is 2.34. The fourth-order valence-corrected chi connectivity index (χ4v) is 1.39. The molecule has 0 aliphatic carbocycles. The molecule has 103 valence electrons. The number of aromatic carboxylic acids is 1. The predicted octanol–water partition coefficient (Wildman–Crippen LogP) is 2.79. The van der Waals surface area contributed by atoms with Gasteiger partial charge in [0.05, 0.1) is 11.2 Å². The third-order valence-corrected chi connectivity index (χ3v) is 4.07. The highest BCUT2D eigenvalue weighted by atomic mass is 35.5. The van der Waals surface area contributed by atoms with Crippen molar-refractivity contribution in [2.24, 2.45) is 0 Å². The van der Waals surface area contributed by atoms with Gasteiger partial charge in [-0.25, -0.2) is 4.79 Å². The first kappa shape index (κ1) is 16.4. The fraction of sp³-hybridized carbons (Fsp3) is 0.462. The molecule has 1 aromatic carbocycles. The minimum absolute atomic E-state index is 0.149. The van der Waals surface area contributed by atoms with E-state index in [0.29, 0.717) is 10.5 Å². The molecule has 1 aromatic rings. The molecule has 0 fully saturated rings. The normalized spacial score (nSPS) is 12.3. The van der Waals surface area contributed by atoms with Crippen LogP contribution in [0.25, 0.3) is 0 Å². The van der Waals surface area contributed by atoms with Crippen molar-refractivity contribution in [3.63, 3.8) is 0 Å². The number of carbonyl (C=O) groups is 1. The van der Waals surface area contributed by atoms with Gasteiger partial charge in [0.2, 0.25) is 0 Å². The van der Waals surface area contributed by atoms with E-state index in [1.165, 1.54) is 19.6 Å². The monoisotopic (exact) mass is 299 g/mol. The summed E-state index contributed by atoms with van der Waals surface area (Å²) < 4.78 is 5.39. The van der Waals surface area contributed by atoms with Crippen molar-refractivity contribution in [3.05, 3.63) is 28.8 Å². The Morgan fingerprint density at radius 2 is 1.95 bits per heavy atom. The standard InChI is InChI=1S/C13H17BClO3S/c1-12(2,13(3,4)19)18-14-9-6-5-8(11(16)17)7-10(9)15/h5-7,19H,1-4H3,(H,16,17). The molecule has 0 aromatic heterocycles. The minimum atomic E-state index is -1.01. The average molecular weight is 300 g/mol. The second-order valence-electron chi connectivity index (χ2n) is 5.35. The number of rotatable bonds is 5. The van der Waals surface area contributed by atoms with Gasteiger partial charge in [0.25, 0.3) is 0 Å². The van der Waals surface area contributed by atoms with E-state index < -0.39 is 11.6 Å². The number of thiol groups is 1. The maximum Gasteiger partial charge on any atom is 0.335 e. The summed E-state index contributed by atoms with van der Waals surface area (Å²) in [4.78, 5) is 10.8. The van der Waals surface area contributed by atoms with Crippen LogP contribution in [-0.4, -0.2) is 28.9 Å². The van der Waals surface area contributed by atoms with Crippen LogP contribution < -0.4 is 5.46 Å². The van der Waals surface area contributed by atoms with E-state index in [2.05, 4.69) is 12.6 Å². The smallest absolute Gasteiger partial charge is 0.335 e. The molecule has 6 heteroatoms. The molecule has 0 heterocycles. The van der Waals surface area contributed by atoms with Crippen LogP contribution in [0.5, 0.6) is 0 Å². The maximum atomic E-state index is 10.8. The molecule has 0 bridgehead atoms. The molecule has 3 nitrogen and oxygen atoms in total. The molecule has 1 N–H and O–H groups in total. The summed E-state index contributed by atoms with van der Waals surface area (Å²) in [6.07, 6.45) is 0. The zero-order valence-electron chi connectivity index (χ0n) is 11.4. The Hall–Kier alpha value is -0.645. The summed E-state index contributed by atoms with van der Waals surface area (Å²) >= 11 is 10.5. The van der Waals surface area contributed by atoms with Gasteiger partial charge < -0.3 is 9.76 Å². The largest absolute Gasteiger partial charge is 0.478 e. The fourth-order valence-electron chi connectivity index (χ4n) is 1.11. The first-order valence-corrected chi connectivity index (χ1v) is 6.63. The molecule has 0 saturated heterocycles. The lowest BCUT2D eigenvalue weighted by Gasteiger charge is -2.38. The molecule has 0 atom stereocenters. The van der Waals surface area contributed by atoms with E-state index in [9.17, 15) is 4.79 Å². The number of hydrogen-bond acceptors (Lipinski definition) is 3. The van der Waals surface area contributed by atoms with Gasteiger partial charge in [0.15, 0.2) is 0 Å². The molecule has 0 spiro atoms. The van der Waals surface area contributed by atoms with Crippen molar-refractivity contribution in [2.75, 3.05) is 0 Å². The Kier molecular flexibility index (Phi) is 4.99. The zero-order chi connectivity index (χ0) is 14.8. The van der Waals surface area contributed by atoms with Crippen LogP contribution in [-0.2, 0) is 4.65 Å². The molecule has 19 heavy (non-hydrogen) atoms. The SMILES string of the molecule is CC(C)(S)C(C)(C)O[B]c1ccc(C(=O)O)cc1Cl. The van der Waals surface area contributed by atoms with Crippen LogP contribution in [0.4, 0.5) is 0 Å². The lowest BCUT2D eigenvalue weighted by atomic mass is 9.83. The Morgan fingerprint density at radius 3 is 2.37 bits per heavy atom. The summed E-state index contributed by atoms with van der Waals surface area (Å²) in [5.74, 6) is -1.01. The van der Waals surface area contributed by atoms with E-state index in [0.717, 1.165) is 0 Å². The van der Waals surface area contributed by atoms with Crippen molar-refractivity contribution in [1.29, 1.82) is 0 Å². The molecular formula is C13H17BClO3S. The number of carboxylic acids is 1. The van der Waals surface area contributed by atoms with Gasteiger partial charge in [-0.15, -0.1) is 0 Å². The highest BCUT2D eigenvalue weighted by molar-refractivity contribution is 7.81. The lowest BCUT2D eigenvalue weighted by Crippen LogP contribution is -2.45. The van der Waals surface area contributed by atoms with Crippen molar-refractivity contribution in [2.45, 2.75) is 38.0 Å². The maximum absolute atomic E-state index is 10.8. The van der Waals surface area contributed by atoms with Crippen molar-refractivity contribution >= 4 is 43.1 Å². The van der Waals surface area contributed by atoms with E-state index >= 15 is 0 Å². The Bertz CT molecular complexity index is 483. The van der Waals surface area contributed by atoms with Crippen LogP contribution in [0.15, 0.2) is 18.2 Å². The van der Waals surface area contributed by atoms with Gasteiger partial charge in [0.1, 0.15) is 0 Å². The molecule has 0 aliphatic rings. The van der Waals surface area contributed by atoms with Crippen molar-refractivity contribution < 1.29 is 14.6 Å². The summed E-state index contributed by atoms with van der Waals surface area (Å²) in [5.41, 5.74) is 0.290. The molecule has 0 unspecified atom stereocenters. The van der Waals surface area contributed by atoms with Crippen LogP contribution in [0.1, 0.15) is 38.1 Å². The second kappa shape index (κ2) is 5.77. The topological polar surface area (TPSA) is 46.5 Å². The third-order valence-electron chi connectivity index (χ3n) is 3.20. The Labute approximate surface area is 125 Å². The van der Waals surface area contributed by atoms with Gasteiger partial charge in [-0.1, -0.05) is 17.7 Å². The Balaban J connectivity index is 2.82. The van der Waals surface area contributed by atoms with Crippen LogP contribution in [0.3, 0.4) is 0 Å². The first-order valence-electron chi connectivity index (χ1n) is 5.81. The van der Waals surface area contributed by atoms with Gasteiger partial charge in [-0.3, -0.25) is 0 Å². The van der Waals surface area contributed by atoms with Gasteiger partial charge >= 0.3 is 13.5 Å². The highest BCUT2D eigenvalue weighted by Crippen LogP contribution is 2.30. The molecule has 0 aliphatic heterocycles. The number of carboxylic acid groups (broad SMARTS) is 1. The third kappa shape index (κ3) is 4.16. The van der Waals surface area contributed by atoms with Crippen LogP contribution in [0.2, 0.25) is 5.02 Å². The minimum Gasteiger partial charge on any atom is -0.478 e.